The van der Waals surface area contributed by atoms with E-state index >= 15 is 0 Å². The van der Waals surface area contributed by atoms with Crippen molar-refractivity contribution in [2.45, 2.75) is 0 Å². The average Bonchev–Trinajstić information content (AvgIpc) is 2.25. The molecule has 0 saturated carbocycles. The van der Waals surface area contributed by atoms with Crippen LogP contribution in [0.1, 0.15) is 20.7 Å². The standard InChI is InChI=1S/C11H7NO5/c13-8-4-9(14)10(15)6-2-1-5(3-7(6)8)12-11(16)17/h1-4,12,14H,(H,16,17). The maximum absolute atomic E-state index is 11.5. The summed E-state index contributed by atoms with van der Waals surface area (Å²) < 4.78 is 0. The molecule has 0 saturated heterocycles. The van der Waals surface area contributed by atoms with Crippen LogP contribution in [0.15, 0.2) is 30.0 Å². The zero-order valence-corrected chi connectivity index (χ0v) is 8.43. The minimum atomic E-state index is -1.27. The Hall–Kier alpha value is -2.63. The third-order valence-corrected chi connectivity index (χ3v) is 2.28. The molecule has 86 valence electrons. The number of aliphatic hydroxyl groups excluding tert-OH is 1. The molecule has 0 bridgehead atoms. The number of ketones is 2. The number of allylic oxidation sites excluding steroid dienone is 2. The molecular weight excluding hydrogens is 226 g/mol. The van der Waals surface area contributed by atoms with E-state index in [-0.39, 0.29) is 16.8 Å². The summed E-state index contributed by atoms with van der Waals surface area (Å²) in [6.45, 7) is 0. The molecule has 1 aromatic carbocycles. The number of carbonyl (C=O) groups excluding carboxylic acids is 2. The first-order chi connectivity index (χ1) is 7.99. The average molecular weight is 233 g/mol. The molecule has 2 rings (SSSR count). The number of hydrogen-bond donors (Lipinski definition) is 3. The van der Waals surface area contributed by atoms with E-state index in [1.54, 1.807) is 0 Å². The van der Waals surface area contributed by atoms with Crippen molar-refractivity contribution in [3.05, 3.63) is 41.2 Å². The summed E-state index contributed by atoms with van der Waals surface area (Å²) in [5.74, 6) is -1.80. The Balaban J connectivity index is 2.49. The van der Waals surface area contributed by atoms with Crippen molar-refractivity contribution >= 4 is 23.3 Å². The first-order valence-corrected chi connectivity index (χ1v) is 4.62. The number of aliphatic hydroxyl groups is 1. The number of fused-ring (bicyclic) bond motifs is 1. The molecule has 0 heterocycles. The van der Waals surface area contributed by atoms with Gasteiger partial charge >= 0.3 is 6.09 Å². The molecule has 17 heavy (non-hydrogen) atoms. The van der Waals surface area contributed by atoms with Gasteiger partial charge in [-0.25, -0.2) is 4.79 Å². The summed E-state index contributed by atoms with van der Waals surface area (Å²) in [5, 5.41) is 19.8. The largest absolute Gasteiger partial charge is 0.504 e. The van der Waals surface area contributed by atoms with E-state index < -0.39 is 23.4 Å². The highest BCUT2D eigenvalue weighted by Gasteiger charge is 2.25. The zero-order chi connectivity index (χ0) is 12.6. The van der Waals surface area contributed by atoms with Crippen LogP contribution in [0.2, 0.25) is 0 Å². The molecular formula is C11H7NO5. The van der Waals surface area contributed by atoms with E-state index in [0.717, 1.165) is 6.08 Å². The number of hydrogen-bond acceptors (Lipinski definition) is 4. The van der Waals surface area contributed by atoms with Gasteiger partial charge in [-0.1, -0.05) is 0 Å². The van der Waals surface area contributed by atoms with Crippen LogP contribution in [-0.2, 0) is 0 Å². The summed E-state index contributed by atoms with van der Waals surface area (Å²) >= 11 is 0. The lowest BCUT2D eigenvalue weighted by molar-refractivity contribution is 0.0939. The smallest absolute Gasteiger partial charge is 0.409 e. The quantitative estimate of drug-likeness (QED) is 0.683. The summed E-state index contributed by atoms with van der Waals surface area (Å²) in [7, 11) is 0. The van der Waals surface area contributed by atoms with Gasteiger partial charge < -0.3 is 10.2 Å². The number of carboxylic acid groups (broad SMARTS) is 1. The molecule has 1 aliphatic carbocycles. The molecule has 0 radical (unpaired) electrons. The molecule has 0 aromatic heterocycles. The maximum atomic E-state index is 11.5. The number of rotatable bonds is 1. The SMILES string of the molecule is O=C(O)Nc1ccc2c(c1)C(=O)C=C(O)C2=O. The van der Waals surface area contributed by atoms with Gasteiger partial charge in [0, 0.05) is 22.9 Å². The molecule has 0 spiro atoms. The second-order valence-electron chi connectivity index (χ2n) is 3.41. The lowest BCUT2D eigenvalue weighted by Gasteiger charge is -2.12. The van der Waals surface area contributed by atoms with E-state index in [4.69, 9.17) is 5.11 Å². The summed E-state index contributed by atoms with van der Waals surface area (Å²) in [5.41, 5.74) is 0.317. The topological polar surface area (TPSA) is 104 Å². The number of nitrogens with one attached hydrogen (secondary N) is 1. The first kappa shape index (κ1) is 10.9. The third-order valence-electron chi connectivity index (χ3n) is 2.28. The Morgan fingerprint density at radius 2 is 1.88 bits per heavy atom. The minimum Gasteiger partial charge on any atom is -0.504 e. The van der Waals surface area contributed by atoms with Crippen LogP contribution in [0.5, 0.6) is 0 Å². The number of carbonyl (C=O) groups is 3. The van der Waals surface area contributed by atoms with Gasteiger partial charge in [-0.05, 0) is 18.2 Å². The molecule has 6 nitrogen and oxygen atoms in total. The Bertz CT molecular complexity index is 573. The molecule has 0 aliphatic heterocycles. The minimum absolute atomic E-state index is 0.0611. The predicted molar refractivity (Wildman–Crippen MR) is 57.5 cm³/mol. The second-order valence-corrected chi connectivity index (χ2v) is 3.41. The van der Waals surface area contributed by atoms with Crippen LogP contribution in [0, 0.1) is 0 Å². The van der Waals surface area contributed by atoms with Gasteiger partial charge in [-0.2, -0.15) is 0 Å². The predicted octanol–water partition coefficient (Wildman–Crippen LogP) is 1.60. The Morgan fingerprint density at radius 3 is 2.53 bits per heavy atom. The van der Waals surface area contributed by atoms with Crippen LogP contribution in [0.25, 0.3) is 0 Å². The molecule has 1 aliphatic rings. The highest BCUT2D eigenvalue weighted by Crippen LogP contribution is 2.23. The van der Waals surface area contributed by atoms with Gasteiger partial charge in [0.05, 0.1) is 0 Å². The van der Waals surface area contributed by atoms with Crippen LogP contribution in [0.3, 0.4) is 0 Å². The summed E-state index contributed by atoms with van der Waals surface area (Å²) in [6.07, 6.45) is -0.451. The van der Waals surface area contributed by atoms with Crippen molar-refractivity contribution in [1.29, 1.82) is 0 Å². The van der Waals surface area contributed by atoms with Gasteiger partial charge in [0.1, 0.15) is 0 Å². The number of anilines is 1. The van der Waals surface area contributed by atoms with Crippen molar-refractivity contribution in [1.82, 2.24) is 0 Å². The van der Waals surface area contributed by atoms with Crippen LogP contribution in [0.4, 0.5) is 10.5 Å². The third kappa shape index (κ3) is 1.87. The Kier molecular flexibility index (Phi) is 2.40. The lowest BCUT2D eigenvalue weighted by atomic mass is 9.93. The summed E-state index contributed by atoms with van der Waals surface area (Å²) in [6, 6.07) is 3.90. The van der Waals surface area contributed by atoms with Crippen LogP contribution < -0.4 is 5.32 Å². The fourth-order valence-electron chi connectivity index (χ4n) is 1.55. The Labute approximate surface area is 95.2 Å². The number of amides is 1. The number of benzene rings is 1. The van der Waals surface area contributed by atoms with Gasteiger partial charge in [0.25, 0.3) is 0 Å². The highest BCUT2D eigenvalue weighted by atomic mass is 16.4. The van der Waals surface area contributed by atoms with E-state index in [1.807, 2.05) is 0 Å². The second kappa shape index (κ2) is 3.75. The first-order valence-electron chi connectivity index (χ1n) is 4.62. The molecule has 6 heteroatoms. The monoisotopic (exact) mass is 233 g/mol. The fourth-order valence-corrected chi connectivity index (χ4v) is 1.55. The maximum Gasteiger partial charge on any atom is 0.409 e. The van der Waals surface area contributed by atoms with Crippen molar-refractivity contribution in [2.24, 2.45) is 0 Å². The van der Waals surface area contributed by atoms with Crippen LogP contribution >= 0.6 is 0 Å². The highest BCUT2D eigenvalue weighted by molar-refractivity contribution is 6.23. The molecule has 1 aromatic rings. The Morgan fingerprint density at radius 1 is 1.18 bits per heavy atom. The molecule has 0 unspecified atom stereocenters. The lowest BCUT2D eigenvalue weighted by Crippen LogP contribution is -2.17. The number of Topliss-reactive ketones (excluding diaryl/α,β-unsaturated/α-hetero) is 1. The molecule has 1 amide bonds. The van der Waals surface area contributed by atoms with E-state index in [0.29, 0.717) is 0 Å². The van der Waals surface area contributed by atoms with Gasteiger partial charge in [0.2, 0.25) is 5.78 Å². The van der Waals surface area contributed by atoms with Gasteiger partial charge in [-0.15, -0.1) is 0 Å². The van der Waals surface area contributed by atoms with Crippen LogP contribution in [-0.4, -0.2) is 27.9 Å². The fraction of sp³-hybridized carbons (Fsp3) is 0. The van der Waals surface area contributed by atoms with Crippen molar-refractivity contribution in [3.63, 3.8) is 0 Å². The van der Waals surface area contributed by atoms with Gasteiger partial charge in [0.15, 0.2) is 11.5 Å². The molecule has 0 atom stereocenters. The zero-order valence-electron chi connectivity index (χ0n) is 8.43. The van der Waals surface area contributed by atoms with E-state index in [9.17, 15) is 19.5 Å². The van der Waals surface area contributed by atoms with Gasteiger partial charge in [-0.3, -0.25) is 14.9 Å². The van der Waals surface area contributed by atoms with Crippen molar-refractivity contribution in [2.75, 3.05) is 5.32 Å². The molecule has 3 N–H and O–H groups in total. The van der Waals surface area contributed by atoms with E-state index in [1.165, 1.54) is 18.2 Å². The summed E-state index contributed by atoms with van der Waals surface area (Å²) in [4.78, 5) is 33.4. The van der Waals surface area contributed by atoms with Crippen molar-refractivity contribution < 1.29 is 24.6 Å². The van der Waals surface area contributed by atoms with E-state index in [2.05, 4.69) is 5.32 Å². The van der Waals surface area contributed by atoms with Crippen molar-refractivity contribution in [3.8, 4) is 0 Å². The molecule has 0 fully saturated rings. The normalized spacial score (nSPS) is 14.0.